The molecule has 1 aliphatic carbocycles. The van der Waals surface area contributed by atoms with Crippen molar-refractivity contribution in [1.82, 2.24) is 9.55 Å². The lowest BCUT2D eigenvalue weighted by molar-refractivity contribution is 0.500. The van der Waals surface area contributed by atoms with Crippen LogP contribution in [0.15, 0.2) is 34.1 Å². The second kappa shape index (κ2) is 4.83. The van der Waals surface area contributed by atoms with E-state index in [9.17, 15) is 0 Å². The van der Waals surface area contributed by atoms with Crippen molar-refractivity contribution in [3.8, 4) is 0 Å². The number of aryl methyl sites for hydroxylation is 1. The van der Waals surface area contributed by atoms with Gasteiger partial charge in [-0.2, -0.15) is 0 Å². The Kier molecular flexibility index (Phi) is 3.09. The second-order valence-electron chi connectivity index (χ2n) is 5.17. The van der Waals surface area contributed by atoms with Gasteiger partial charge in [-0.05, 0) is 66.7 Å². The van der Waals surface area contributed by atoms with Crippen LogP contribution in [0.2, 0.25) is 0 Å². The Bertz CT molecular complexity index is 843. The number of hydrogen-bond donors (Lipinski definition) is 1. The number of aromatic nitrogens is 2. The van der Waals surface area contributed by atoms with E-state index in [1.807, 2.05) is 11.3 Å². The third kappa shape index (κ3) is 1.91. The zero-order valence-corrected chi connectivity index (χ0v) is 13.9. The standard InChI is InChI=1S/C15H13BrN2S2/c16-9-4-5-13-11(8-9)17-15(19)18(13)12-2-1-3-14-10(12)6-7-20-14/h4-8,12H,1-3H2,(H,17,19). The predicted octanol–water partition coefficient (Wildman–Crippen LogP) is 5.45. The van der Waals surface area contributed by atoms with Crippen LogP contribution in [0.1, 0.15) is 29.3 Å². The summed E-state index contributed by atoms with van der Waals surface area (Å²) in [6.45, 7) is 0. The molecule has 0 bridgehead atoms. The summed E-state index contributed by atoms with van der Waals surface area (Å²) < 4.78 is 4.19. The molecule has 5 heteroatoms. The predicted molar refractivity (Wildman–Crippen MR) is 90.2 cm³/mol. The summed E-state index contributed by atoms with van der Waals surface area (Å²) in [6.07, 6.45) is 3.62. The molecule has 1 aliphatic rings. The van der Waals surface area contributed by atoms with E-state index < -0.39 is 0 Å². The van der Waals surface area contributed by atoms with Crippen molar-refractivity contribution < 1.29 is 0 Å². The van der Waals surface area contributed by atoms with Crippen molar-refractivity contribution in [2.75, 3.05) is 0 Å². The number of nitrogens with zero attached hydrogens (tertiary/aromatic N) is 1. The van der Waals surface area contributed by atoms with Gasteiger partial charge in [0.1, 0.15) is 0 Å². The summed E-state index contributed by atoms with van der Waals surface area (Å²) in [6, 6.07) is 8.97. The lowest BCUT2D eigenvalue weighted by Gasteiger charge is -2.24. The quantitative estimate of drug-likeness (QED) is 0.569. The molecule has 0 saturated heterocycles. The van der Waals surface area contributed by atoms with Gasteiger partial charge in [0.15, 0.2) is 4.77 Å². The zero-order valence-electron chi connectivity index (χ0n) is 10.7. The average Bonchev–Trinajstić information content (AvgIpc) is 3.01. The highest BCUT2D eigenvalue weighted by molar-refractivity contribution is 9.10. The SMILES string of the molecule is S=c1[nH]c2cc(Br)ccc2n1C1CCCc2sccc21. The third-order valence-electron chi connectivity index (χ3n) is 4.01. The van der Waals surface area contributed by atoms with Crippen molar-refractivity contribution in [2.45, 2.75) is 25.3 Å². The van der Waals surface area contributed by atoms with E-state index in [0.717, 1.165) is 14.8 Å². The molecule has 0 fully saturated rings. The molecule has 1 unspecified atom stereocenters. The van der Waals surface area contributed by atoms with Gasteiger partial charge < -0.3 is 9.55 Å². The van der Waals surface area contributed by atoms with Crippen LogP contribution in [-0.2, 0) is 6.42 Å². The first-order valence-electron chi connectivity index (χ1n) is 6.70. The zero-order chi connectivity index (χ0) is 13.7. The lowest BCUT2D eigenvalue weighted by Crippen LogP contribution is -2.15. The van der Waals surface area contributed by atoms with E-state index in [1.165, 1.54) is 35.2 Å². The van der Waals surface area contributed by atoms with Crippen molar-refractivity contribution >= 4 is 50.5 Å². The summed E-state index contributed by atoms with van der Waals surface area (Å²) in [7, 11) is 0. The molecular weight excluding hydrogens is 352 g/mol. The number of halogens is 1. The van der Waals surface area contributed by atoms with Crippen LogP contribution in [-0.4, -0.2) is 9.55 Å². The van der Waals surface area contributed by atoms with Gasteiger partial charge in [-0.3, -0.25) is 0 Å². The number of benzene rings is 1. The van der Waals surface area contributed by atoms with Gasteiger partial charge >= 0.3 is 0 Å². The summed E-state index contributed by atoms with van der Waals surface area (Å²) in [5.74, 6) is 0. The Morgan fingerprint density at radius 1 is 1.35 bits per heavy atom. The number of aromatic amines is 1. The highest BCUT2D eigenvalue weighted by atomic mass is 79.9. The summed E-state index contributed by atoms with van der Waals surface area (Å²) >= 11 is 11.0. The fourth-order valence-electron chi connectivity index (χ4n) is 3.14. The van der Waals surface area contributed by atoms with Crippen LogP contribution in [0.3, 0.4) is 0 Å². The van der Waals surface area contributed by atoms with Crippen LogP contribution in [0, 0.1) is 4.77 Å². The summed E-state index contributed by atoms with van der Waals surface area (Å²) in [5, 5.41) is 2.21. The Morgan fingerprint density at radius 2 is 2.25 bits per heavy atom. The second-order valence-corrected chi connectivity index (χ2v) is 7.47. The average molecular weight is 365 g/mol. The van der Waals surface area contributed by atoms with Crippen molar-refractivity contribution in [3.05, 3.63) is 49.3 Å². The molecule has 2 heterocycles. The number of imidazole rings is 1. The number of fused-ring (bicyclic) bond motifs is 2. The van der Waals surface area contributed by atoms with Gasteiger partial charge in [-0.15, -0.1) is 11.3 Å². The van der Waals surface area contributed by atoms with E-state index in [1.54, 1.807) is 0 Å². The number of nitrogens with one attached hydrogen (secondary N) is 1. The Morgan fingerprint density at radius 3 is 3.15 bits per heavy atom. The maximum absolute atomic E-state index is 5.58. The molecule has 0 spiro atoms. The molecule has 2 aromatic heterocycles. The molecule has 3 aromatic rings. The molecule has 1 N–H and O–H groups in total. The first-order valence-corrected chi connectivity index (χ1v) is 8.78. The number of H-pyrrole nitrogens is 1. The first-order chi connectivity index (χ1) is 9.74. The van der Waals surface area contributed by atoms with Crippen LogP contribution in [0.25, 0.3) is 11.0 Å². The minimum Gasteiger partial charge on any atom is -0.331 e. The van der Waals surface area contributed by atoms with E-state index in [0.29, 0.717) is 6.04 Å². The highest BCUT2D eigenvalue weighted by Crippen LogP contribution is 2.38. The molecular formula is C15H13BrN2S2. The number of rotatable bonds is 1. The summed E-state index contributed by atoms with van der Waals surface area (Å²) in [5.41, 5.74) is 3.76. The van der Waals surface area contributed by atoms with Crippen molar-refractivity contribution in [2.24, 2.45) is 0 Å². The highest BCUT2D eigenvalue weighted by Gasteiger charge is 2.24. The molecule has 1 aromatic carbocycles. The van der Waals surface area contributed by atoms with Gasteiger partial charge in [-0.25, -0.2) is 0 Å². The lowest BCUT2D eigenvalue weighted by atomic mass is 9.94. The van der Waals surface area contributed by atoms with Crippen LogP contribution in [0.4, 0.5) is 0 Å². The first kappa shape index (κ1) is 12.8. The molecule has 0 saturated carbocycles. The largest absolute Gasteiger partial charge is 0.331 e. The van der Waals surface area contributed by atoms with Gasteiger partial charge in [-0.1, -0.05) is 15.9 Å². The Balaban J connectivity index is 1.96. The van der Waals surface area contributed by atoms with E-state index >= 15 is 0 Å². The van der Waals surface area contributed by atoms with Crippen LogP contribution in [0.5, 0.6) is 0 Å². The van der Waals surface area contributed by atoms with E-state index in [4.69, 9.17) is 12.2 Å². The molecule has 20 heavy (non-hydrogen) atoms. The van der Waals surface area contributed by atoms with E-state index in [2.05, 4.69) is 55.1 Å². The van der Waals surface area contributed by atoms with Gasteiger partial charge in [0.25, 0.3) is 0 Å². The fraction of sp³-hybridized carbons (Fsp3) is 0.267. The monoisotopic (exact) mass is 364 g/mol. The molecule has 4 rings (SSSR count). The van der Waals surface area contributed by atoms with Gasteiger partial charge in [0, 0.05) is 9.35 Å². The molecule has 0 radical (unpaired) electrons. The smallest absolute Gasteiger partial charge is 0.178 e. The Labute approximate surface area is 134 Å². The molecule has 102 valence electrons. The minimum absolute atomic E-state index is 0.382. The van der Waals surface area contributed by atoms with E-state index in [-0.39, 0.29) is 0 Å². The molecule has 1 atom stereocenters. The topological polar surface area (TPSA) is 20.7 Å². The summed E-state index contributed by atoms with van der Waals surface area (Å²) in [4.78, 5) is 4.86. The van der Waals surface area contributed by atoms with Crippen LogP contribution >= 0.6 is 39.5 Å². The number of hydrogen-bond acceptors (Lipinski definition) is 2. The maximum atomic E-state index is 5.58. The van der Waals surface area contributed by atoms with Gasteiger partial charge in [0.2, 0.25) is 0 Å². The Hall–Kier alpha value is -0.910. The normalized spacial score (nSPS) is 18.4. The molecule has 0 aliphatic heterocycles. The third-order valence-corrected chi connectivity index (χ3v) is 5.80. The fourth-order valence-corrected chi connectivity index (χ4v) is 4.82. The molecule has 0 amide bonds. The van der Waals surface area contributed by atoms with Gasteiger partial charge in [0.05, 0.1) is 17.1 Å². The minimum atomic E-state index is 0.382. The van der Waals surface area contributed by atoms with Crippen molar-refractivity contribution in [1.29, 1.82) is 0 Å². The van der Waals surface area contributed by atoms with Crippen molar-refractivity contribution in [3.63, 3.8) is 0 Å². The molecule has 2 nitrogen and oxygen atoms in total. The maximum Gasteiger partial charge on any atom is 0.178 e. The van der Waals surface area contributed by atoms with Crippen LogP contribution < -0.4 is 0 Å². The number of thiophene rings is 1.